The van der Waals surface area contributed by atoms with E-state index in [1.54, 1.807) is 22.8 Å². The van der Waals surface area contributed by atoms with Gasteiger partial charge in [0, 0.05) is 12.6 Å². The third-order valence-electron chi connectivity index (χ3n) is 3.25. The zero-order valence-corrected chi connectivity index (χ0v) is 11.9. The monoisotopic (exact) mass is 281 g/mol. The first-order valence-electron chi connectivity index (χ1n) is 6.65. The lowest BCUT2D eigenvalue weighted by Crippen LogP contribution is -2.02. The van der Waals surface area contributed by atoms with Gasteiger partial charge in [-0.2, -0.15) is 5.10 Å². The highest BCUT2D eigenvalue weighted by Gasteiger charge is 2.09. The molecule has 0 saturated heterocycles. The summed E-state index contributed by atoms with van der Waals surface area (Å²) in [5.41, 5.74) is 3.49. The van der Waals surface area contributed by atoms with Crippen molar-refractivity contribution in [1.82, 2.24) is 14.6 Å². The van der Waals surface area contributed by atoms with E-state index in [2.05, 4.69) is 35.2 Å². The molecule has 0 aliphatic carbocycles. The topological polar surface area (TPSA) is 56.5 Å². The van der Waals surface area contributed by atoms with E-state index in [1.807, 2.05) is 6.07 Å². The molecule has 5 heteroatoms. The van der Waals surface area contributed by atoms with Gasteiger partial charge in [0.1, 0.15) is 0 Å². The van der Waals surface area contributed by atoms with E-state index in [-0.39, 0.29) is 5.97 Å². The molecule has 3 rings (SSSR count). The summed E-state index contributed by atoms with van der Waals surface area (Å²) in [6.07, 6.45) is 2.38. The number of hydrogen-bond acceptors (Lipinski definition) is 4. The van der Waals surface area contributed by atoms with Crippen LogP contribution >= 0.6 is 0 Å². The Bertz CT molecular complexity index is 808. The number of hydrogen-bond donors (Lipinski definition) is 0. The first-order chi connectivity index (χ1) is 10.2. The molecule has 5 nitrogen and oxygen atoms in total. The molecule has 2 aromatic heterocycles. The molecule has 3 aromatic rings. The molecular weight excluding hydrogens is 266 g/mol. The number of rotatable bonds is 3. The molecule has 0 radical (unpaired) electrons. The molecule has 106 valence electrons. The van der Waals surface area contributed by atoms with Crippen LogP contribution in [-0.4, -0.2) is 27.7 Å². The average molecular weight is 281 g/mol. The first-order valence-corrected chi connectivity index (χ1v) is 6.65. The van der Waals surface area contributed by atoms with Gasteiger partial charge in [0.05, 0.1) is 12.7 Å². The van der Waals surface area contributed by atoms with Gasteiger partial charge in [-0.1, -0.05) is 29.8 Å². The van der Waals surface area contributed by atoms with E-state index in [9.17, 15) is 4.79 Å². The smallest absolute Gasteiger partial charge is 0.338 e. The number of nitrogens with zero attached hydrogens (tertiary/aromatic N) is 3. The van der Waals surface area contributed by atoms with E-state index in [4.69, 9.17) is 4.74 Å². The highest BCUT2D eigenvalue weighted by atomic mass is 16.5. The van der Waals surface area contributed by atoms with Crippen molar-refractivity contribution in [3.8, 4) is 0 Å². The molecule has 21 heavy (non-hydrogen) atoms. The quantitative estimate of drug-likeness (QED) is 0.692. The van der Waals surface area contributed by atoms with Crippen LogP contribution in [0.2, 0.25) is 0 Å². The number of aryl methyl sites for hydroxylation is 1. The van der Waals surface area contributed by atoms with Gasteiger partial charge in [-0.05, 0) is 24.6 Å². The molecule has 0 atom stereocenters. The molecule has 1 aromatic carbocycles. The Balaban J connectivity index is 1.92. The average Bonchev–Trinajstić information content (AvgIpc) is 2.87. The number of pyridine rings is 1. The van der Waals surface area contributed by atoms with Crippen molar-refractivity contribution in [1.29, 1.82) is 0 Å². The summed E-state index contributed by atoms with van der Waals surface area (Å²) in [6.45, 7) is 2.06. The first kappa shape index (κ1) is 13.3. The van der Waals surface area contributed by atoms with Gasteiger partial charge in [0.15, 0.2) is 11.5 Å². The predicted molar refractivity (Wildman–Crippen MR) is 78.3 cm³/mol. The molecule has 2 heterocycles. The molecular formula is C16H15N3O2. The summed E-state index contributed by atoms with van der Waals surface area (Å²) in [4.78, 5) is 16.0. The second-order valence-electron chi connectivity index (χ2n) is 4.90. The molecule has 0 aliphatic rings. The molecule has 0 saturated carbocycles. The third kappa shape index (κ3) is 2.76. The third-order valence-corrected chi connectivity index (χ3v) is 3.25. The Morgan fingerprint density at radius 1 is 1.29 bits per heavy atom. The summed E-state index contributed by atoms with van der Waals surface area (Å²) >= 11 is 0. The second-order valence-corrected chi connectivity index (χ2v) is 4.90. The summed E-state index contributed by atoms with van der Waals surface area (Å²) in [7, 11) is 1.36. The lowest BCUT2D eigenvalue weighted by molar-refractivity contribution is 0.0600. The molecule has 0 spiro atoms. The van der Waals surface area contributed by atoms with Crippen molar-refractivity contribution < 1.29 is 9.53 Å². The largest absolute Gasteiger partial charge is 0.465 e. The maximum Gasteiger partial charge on any atom is 0.338 e. The van der Waals surface area contributed by atoms with Crippen LogP contribution in [0.1, 0.15) is 27.3 Å². The van der Waals surface area contributed by atoms with Gasteiger partial charge in [0.25, 0.3) is 0 Å². The van der Waals surface area contributed by atoms with Crippen LogP contribution in [0.25, 0.3) is 5.65 Å². The maximum absolute atomic E-state index is 11.5. The zero-order valence-electron chi connectivity index (χ0n) is 11.9. The van der Waals surface area contributed by atoms with Crippen LogP contribution in [0.5, 0.6) is 0 Å². The summed E-state index contributed by atoms with van der Waals surface area (Å²) in [5.74, 6) is 0.350. The summed E-state index contributed by atoms with van der Waals surface area (Å²) in [6, 6.07) is 11.6. The van der Waals surface area contributed by atoms with Crippen LogP contribution in [0.15, 0.2) is 42.6 Å². The Hall–Kier alpha value is -2.69. The molecule has 0 aliphatic heterocycles. The minimum atomic E-state index is -0.374. The Morgan fingerprint density at radius 2 is 2.14 bits per heavy atom. The van der Waals surface area contributed by atoms with Crippen molar-refractivity contribution in [3.05, 3.63) is 65.1 Å². The van der Waals surface area contributed by atoms with E-state index in [0.29, 0.717) is 17.6 Å². The van der Waals surface area contributed by atoms with E-state index >= 15 is 0 Å². The van der Waals surface area contributed by atoms with E-state index < -0.39 is 0 Å². The number of methoxy groups -OCH3 is 1. The minimum absolute atomic E-state index is 0.374. The second kappa shape index (κ2) is 5.36. The van der Waals surface area contributed by atoms with Crippen LogP contribution in [0.3, 0.4) is 0 Å². The van der Waals surface area contributed by atoms with Gasteiger partial charge in [-0.3, -0.25) is 0 Å². The number of carbonyl (C=O) groups is 1. The molecule has 0 amide bonds. The fraction of sp³-hybridized carbons (Fsp3) is 0.188. The molecule has 0 N–H and O–H groups in total. The van der Waals surface area contributed by atoms with Crippen molar-refractivity contribution in [2.75, 3.05) is 7.11 Å². The van der Waals surface area contributed by atoms with Crippen LogP contribution in [0, 0.1) is 6.92 Å². The number of esters is 1. The number of ether oxygens (including phenoxy) is 1. The highest BCUT2D eigenvalue weighted by molar-refractivity contribution is 5.90. The fourth-order valence-electron chi connectivity index (χ4n) is 2.25. The van der Waals surface area contributed by atoms with Gasteiger partial charge >= 0.3 is 5.97 Å². The maximum atomic E-state index is 11.5. The molecule has 0 unspecified atom stereocenters. The van der Waals surface area contributed by atoms with Crippen molar-refractivity contribution in [2.45, 2.75) is 13.3 Å². The van der Waals surface area contributed by atoms with E-state index in [1.165, 1.54) is 18.2 Å². The Labute approximate surface area is 122 Å². The van der Waals surface area contributed by atoms with Gasteiger partial charge in [-0.25, -0.2) is 14.3 Å². The lowest BCUT2D eigenvalue weighted by atomic mass is 10.1. The number of benzene rings is 1. The van der Waals surface area contributed by atoms with Crippen molar-refractivity contribution in [2.24, 2.45) is 0 Å². The Morgan fingerprint density at radius 3 is 2.90 bits per heavy atom. The normalized spacial score (nSPS) is 10.8. The van der Waals surface area contributed by atoms with E-state index in [0.717, 1.165) is 5.82 Å². The predicted octanol–water partition coefficient (Wildman–Crippen LogP) is 2.42. The standard InChI is InChI=1S/C16H15N3O2/c1-11-4-3-5-12(8-11)9-14-17-15-10-13(16(20)21-2)6-7-19(15)18-14/h3-8,10H,9H2,1-2H3. The van der Waals surface area contributed by atoms with Crippen LogP contribution < -0.4 is 0 Å². The van der Waals surface area contributed by atoms with Crippen LogP contribution in [-0.2, 0) is 11.2 Å². The lowest BCUT2D eigenvalue weighted by Gasteiger charge is -1.98. The number of fused-ring (bicyclic) bond motifs is 1. The van der Waals surface area contributed by atoms with Crippen molar-refractivity contribution in [3.63, 3.8) is 0 Å². The number of aromatic nitrogens is 3. The van der Waals surface area contributed by atoms with Gasteiger partial charge < -0.3 is 4.74 Å². The fourth-order valence-corrected chi connectivity index (χ4v) is 2.25. The summed E-state index contributed by atoms with van der Waals surface area (Å²) < 4.78 is 6.37. The molecule has 0 bridgehead atoms. The van der Waals surface area contributed by atoms with Crippen molar-refractivity contribution >= 4 is 11.6 Å². The van der Waals surface area contributed by atoms with Crippen LogP contribution in [0.4, 0.5) is 0 Å². The SMILES string of the molecule is COC(=O)c1ccn2nc(Cc3cccc(C)c3)nc2c1. The van der Waals surface area contributed by atoms with Gasteiger partial charge in [-0.15, -0.1) is 0 Å². The molecule has 0 fully saturated rings. The minimum Gasteiger partial charge on any atom is -0.465 e. The van der Waals surface area contributed by atoms with Gasteiger partial charge in [0.2, 0.25) is 0 Å². The summed E-state index contributed by atoms with van der Waals surface area (Å²) in [5, 5.41) is 4.42. The number of carbonyl (C=O) groups excluding carboxylic acids is 1. The zero-order chi connectivity index (χ0) is 14.8. The highest BCUT2D eigenvalue weighted by Crippen LogP contribution is 2.11. The Kier molecular flexibility index (Phi) is 3.39.